The molecule has 0 radical (unpaired) electrons. The molecule has 19 heavy (non-hydrogen) atoms. The zero-order chi connectivity index (χ0) is 14.0. The van der Waals surface area contributed by atoms with Gasteiger partial charge in [-0.05, 0) is 18.2 Å². The average Bonchev–Trinajstić information content (AvgIpc) is 2.66. The molecule has 1 heterocycles. The maximum Gasteiger partial charge on any atom is 0.313 e. The molecular weight excluding hydrogens is 400 g/mol. The van der Waals surface area contributed by atoms with Crippen molar-refractivity contribution in [1.29, 1.82) is 0 Å². The first-order chi connectivity index (χ1) is 8.97. The smallest absolute Gasteiger partial charge is 0.313 e. The van der Waals surface area contributed by atoms with Crippen LogP contribution in [-0.4, -0.2) is 31.7 Å². The maximum absolute atomic E-state index is 10.5. The Balaban J connectivity index is 2.33. The van der Waals surface area contributed by atoms with Crippen molar-refractivity contribution < 1.29 is 9.90 Å². The zero-order valence-corrected chi connectivity index (χ0v) is 13.4. The molecule has 0 unspecified atom stereocenters. The first kappa shape index (κ1) is 14.4. The number of aromatic nitrogens is 3. The molecule has 0 saturated heterocycles. The van der Waals surface area contributed by atoms with E-state index in [1.165, 1.54) is 4.68 Å². The molecule has 0 saturated carbocycles. The van der Waals surface area contributed by atoms with E-state index < -0.39 is 5.97 Å². The van der Waals surface area contributed by atoms with Gasteiger partial charge in [0.05, 0.1) is 5.75 Å². The Morgan fingerprint density at radius 2 is 1.95 bits per heavy atom. The highest BCUT2D eigenvalue weighted by Crippen LogP contribution is 2.27. The van der Waals surface area contributed by atoms with Crippen molar-refractivity contribution in [3.8, 4) is 11.4 Å². The van der Waals surface area contributed by atoms with Crippen LogP contribution in [0.25, 0.3) is 11.4 Å². The van der Waals surface area contributed by atoms with Crippen LogP contribution in [0.2, 0.25) is 0 Å². The normalized spacial score (nSPS) is 10.6. The third-order valence-electron chi connectivity index (χ3n) is 2.11. The van der Waals surface area contributed by atoms with Gasteiger partial charge < -0.3 is 10.9 Å². The lowest BCUT2D eigenvalue weighted by atomic mass is 10.2. The molecule has 0 bridgehead atoms. The molecule has 1 aromatic heterocycles. The van der Waals surface area contributed by atoms with Crippen LogP contribution in [0.4, 0.5) is 0 Å². The fourth-order valence-electron chi connectivity index (χ4n) is 1.38. The van der Waals surface area contributed by atoms with Crippen molar-refractivity contribution in [3.05, 3.63) is 27.1 Å². The number of carboxylic acids is 1. The van der Waals surface area contributed by atoms with Crippen LogP contribution >= 0.6 is 43.6 Å². The highest BCUT2D eigenvalue weighted by molar-refractivity contribution is 9.11. The second kappa shape index (κ2) is 5.93. The number of nitrogen functional groups attached to an aromatic ring is 1. The standard InChI is InChI=1S/C10H8Br2N4O2S/c11-6-1-5(2-7(12)3-6)9-14-15-10(16(9)13)19-4-8(17)18/h1-3H,4,13H2,(H,17,18). The van der Waals surface area contributed by atoms with E-state index in [1.807, 2.05) is 18.2 Å². The molecule has 100 valence electrons. The van der Waals surface area contributed by atoms with Crippen molar-refractivity contribution in [2.45, 2.75) is 5.16 Å². The predicted octanol–water partition coefficient (Wildman–Crippen LogP) is 2.36. The monoisotopic (exact) mass is 406 g/mol. The SMILES string of the molecule is Nn1c(SCC(=O)O)nnc1-c1cc(Br)cc(Br)c1. The topological polar surface area (TPSA) is 94.0 Å². The van der Waals surface area contributed by atoms with E-state index in [0.29, 0.717) is 11.0 Å². The van der Waals surface area contributed by atoms with Gasteiger partial charge >= 0.3 is 5.97 Å². The number of nitrogens with zero attached hydrogens (tertiary/aromatic N) is 3. The molecule has 0 spiro atoms. The molecule has 0 aliphatic carbocycles. The van der Waals surface area contributed by atoms with Gasteiger partial charge in [-0.2, -0.15) is 0 Å². The molecule has 3 N–H and O–H groups in total. The third-order valence-corrected chi connectivity index (χ3v) is 3.95. The van der Waals surface area contributed by atoms with Gasteiger partial charge in [0.2, 0.25) is 5.16 Å². The van der Waals surface area contributed by atoms with E-state index in [1.54, 1.807) is 0 Å². The number of carboxylic acid groups (broad SMARTS) is 1. The van der Waals surface area contributed by atoms with E-state index >= 15 is 0 Å². The van der Waals surface area contributed by atoms with Crippen molar-refractivity contribution in [2.24, 2.45) is 0 Å². The third kappa shape index (κ3) is 3.48. The second-order valence-electron chi connectivity index (χ2n) is 3.52. The Morgan fingerprint density at radius 1 is 1.32 bits per heavy atom. The summed E-state index contributed by atoms with van der Waals surface area (Å²) < 4.78 is 3.03. The van der Waals surface area contributed by atoms with Crippen LogP contribution in [0.3, 0.4) is 0 Å². The summed E-state index contributed by atoms with van der Waals surface area (Å²) in [7, 11) is 0. The summed E-state index contributed by atoms with van der Waals surface area (Å²) in [6.07, 6.45) is 0. The second-order valence-corrected chi connectivity index (χ2v) is 6.29. The van der Waals surface area contributed by atoms with Gasteiger partial charge in [-0.25, -0.2) is 4.68 Å². The summed E-state index contributed by atoms with van der Waals surface area (Å²) >= 11 is 7.78. The van der Waals surface area contributed by atoms with Crippen molar-refractivity contribution in [2.75, 3.05) is 11.6 Å². The molecule has 9 heteroatoms. The summed E-state index contributed by atoms with van der Waals surface area (Å²) in [5.41, 5.74) is 0.776. The number of halogens is 2. The van der Waals surface area contributed by atoms with E-state index in [2.05, 4.69) is 42.1 Å². The molecule has 0 atom stereocenters. The van der Waals surface area contributed by atoms with Crippen LogP contribution in [0.15, 0.2) is 32.3 Å². The van der Waals surface area contributed by atoms with Gasteiger partial charge in [0, 0.05) is 14.5 Å². The average molecular weight is 408 g/mol. The Bertz CT molecular complexity index is 612. The van der Waals surface area contributed by atoms with Crippen LogP contribution in [0.1, 0.15) is 0 Å². The molecule has 2 rings (SSSR count). The molecule has 0 aliphatic rings. The number of carbonyl (C=O) groups is 1. The summed E-state index contributed by atoms with van der Waals surface area (Å²) in [6, 6.07) is 5.59. The number of benzene rings is 1. The molecular formula is C10H8Br2N4O2S. The molecule has 0 aliphatic heterocycles. The van der Waals surface area contributed by atoms with Crippen molar-refractivity contribution >= 4 is 49.6 Å². The van der Waals surface area contributed by atoms with E-state index in [4.69, 9.17) is 10.9 Å². The minimum atomic E-state index is -0.931. The van der Waals surface area contributed by atoms with Crippen molar-refractivity contribution in [1.82, 2.24) is 14.9 Å². The van der Waals surface area contributed by atoms with Gasteiger partial charge in [0.25, 0.3) is 0 Å². The Kier molecular flexibility index (Phi) is 4.48. The van der Waals surface area contributed by atoms with Gasteiger partial charge in [-0.15, -0.1) is 10.2 Å². The fourth-order valence-corrected chi connectivity index (χ4v) is 3.25. The summed E-state index contributed by atoms with van der Waals surface area (Å²) in [5, 5.41) is 16.8. The van der Waals surface area contributed by atoms with Crippen LogP contribution in [0, 0.1) is 0 Å². The van der Waals surface area contributed by atoms with Gasteiger partial charge in [0.1, 0.15) is 0 Å². The minimum Gasteiger partial charge on any atom is -0.481 e. The molecule has 2 aromatic rings. The maximum atomic E-state index is 10.5. The number of hydrogen-bond donors (Lipinski definition) is 2. The van der Waals surface area contributed by atoms with Gasteiger partial charge in [-0.3, -0.25) is 4.79 Å². The molecule has 1 aromatic carbocycles. The highest BCUT2D eigenvalue weighted by atomic mass is 79.9. The number of aliphatic carboxylic acids is 1. The zero-order valence-electron chi connectivity index (χ0n) is 9.38. The van der Waals surface area contributed by atoms with Gasteiger partial charge in [0.15, 0.2) is 5.82 Å². The first-order valence-corrected chi connectivity index (χ1v) is 7.56. The molecule has 0 fully saturated rings. The lowest BCUT2D eigenvalue weighted by molar-refractivity contribution is -0.133. The lowest BCUT2D eigenvalue weighted by Crippen LogP contribution is -2.12. The van der Waals surface area contributed by atoms with E-state index in [0.717, 1.165) is 26.3 Å². The largest absolute Gasteiger partial charge is 0.481 e. The minimum absolute atomic E-state index is 0.114. The molecule has 0 amide bonds. The fraction of sp³-hybridized carbons (Fsp3) is 0.100. The number of rotatable bonds is 4. The Morgan fingerprint density at radius 3 is 2.53 bits per heavy atom. The summed E-state index contributed by atoms with van der Waals surface area (Å²) in [5.74, 6) is 5.29. The Labute approximate surface area is 129 Å². The first-order valence-electron chi connectivity index (χ1n) is 4.99. The van der Waals surface area contributed by atoms with Gasteiger partial charge in [-0.1, -0.05) is 43.6 Å². The number of nitrogens with two attached hydrogens (primary N) is 1. The highest BCUT2D eigenvalue weighted by Gasteiger charge is 2.14. The van der Waals surface area contributed by atoms with E-state index in [-0.39, 0.29) is 5.75 Å². The van der Waals surface area contributed by atoms with Crippen LogP contribution in [-0.2, 0) is 4.79 Å². The lowest BCUT2D eigenvalue weighted by Gasteiger charge is -2.04. The molecule has 6 nitrogen and oxygen atoms in total. The number of thioether (sulfide) groups is 1. The Hall–Kier alpha value is -1.06. The number of hydrogen-bond acceptors (Lipinski definition) is 5. The van der Waals surface area contributed by atoms with E-state index in [9.17, 15) is 4.79 Å². The quantitative estimate of drug-likeness (QED) is 0.596. The van der Waals surface area contributed by atoms with Crippen LogP contribution in [0.5, 0.6) is 0 Å². The van der Waals surface area contributed by atoms with Crippen LogP contribution < -0.4 is 5.84 Å². The predicted molar refractivity (Wildman–Crippen MR) is 79.4 cm³/mol. The summed E-state index contributed by atoms with van der Waals surface area (Å²) in [4.78, 5) is 10.5. The van der Waals surface area contributed by atoms with Crippen molar-refractivity contribution in [3.63, 3.8) is 0 Å². The summed E-state index contributed by atoms with van der Waals surface area (Å²) in [6.45, 7) is 0.